The van der Waals surface area contributed by atoms with Gasteiger partial charge in [-0.3, -0.25) is 4.79 Å². The maximum absolute atomic E-state index is 11.5. The number of nitrogens with one attached hydrogen (secondary N) is 1. The van der Waals surface area contributed by atoms with Gasteiger partial charge in [-0.25, -0.2) is 0 Å². The van der Waals surface area contributed by atoms with E-state index in [4.69, 9.17) is 22.1 Å². The molecule has 1 aromatic carbocycles. The number of rotatable bonds is 8. The number of halogens is 1. The van der Waals surface area contributed by atoms with Crippen molar-refractivity contribution in [3.05, 3.63) is 41.4 Å². The topological polar surface area (TPSA) is 64.3 Å². The van der Waals surface area contributed by atoms with Gasteiger partial charge in [0.25, 0.3) is 5.91 Å². The molecule has 110 valence electrons. The first kappa shape index (κ1) is 16.5. The molecule has 0 fully saturated rings. The molecule has 20 heavy (non-hydrogen) atoms. The Morgan fingerprint density at radius 1 is 1.60 bits per heavy atom. The van der Waals surface area contributed by atoms with E-state index in [9.17, 15) is 4.79 Å². The first-order valence-corrected chi connectivity index (χ1v) is 6.99. The zero-order valence-corrected chi connectivity index (χ0v) is 12.5. The minimum absolute atomic E-state index is 0.0467. The molecule has 0 saturated heterocycles. The van der Waals surface area contributed by atoms with Crippen LogP contribution >= 0.6 is 11.6 Å². The summed E-state index contributed by atoms with van der Waals surface area (Å²) in [5, 5.41) is 3.13. The molecule has 0 bridgehead atoms. The molecule has 0 heterocycles. The lowest BCUT2D eigenvalue weighted by atomic mass is 10.0. The first-order chi connectivity index (χ1) is 9.58. The van der Waals surface area contributed by atoms with Crippen LogP contribution in [0.1, 0.15) is 18.9 Å². The molecule has 0 aliphatic carbocycles. The van der Waals surface area contributed by atoms with E-state index in [0.717, 1.165) is 12.0 Å². The van der Waals surface area contributed by atoms with E-state index in [1.807, 2.05) is 19.1 Å². The molecule has 1 rings (SSSR count). The standard InChI is InChI=1S/C15H21ClN2O2/c1-3-8-18-14(19)10-20-15-11(9-12(17)4-2)6-5-7-13(15)16/h3,5-7,12H,1,4,8-10,17H2,2H3,(H,18,19). The number of amides is 1. The van der Waals surface area contributed by atoms with Gasteiger partial charge < -0.3 is 15.8 Å². The third kappa shape index (κ3) is 5.23. The van der Waals surface area contributed by atoms with Crippen LogP contribution in [0.3, 0.4) is 0 Å². The van der Waals surface area contributed by atoms with Crippen molar-refractivity contribution in [3.63, 3.8) is 0 Å². The summed E-state index contributed by atoms with van der Waals surface area (Å²) in [5.74, 6) is 0.322. The predicted octanol–water partition coefficient (Wildman–Crippen LogP) is 2.30. The summed E-state index contributed by atoms with van der Waals surface area (Å²) in [7, 11) is 0. The van der Waals surface area contributed by atoms with Crippen LogP contribution in [0.15, 0.2) is 30.9 Å². The first-order valence-electron chi connectivity index (χ1n) is 6.61. The Kier molecular flexibility index (Phi) is 7.12. The van der Waals surface area contributed by atoms with Crippen LogP contribution in [-0.4, -0.2) is 25.1 Å². The second-order valence-electron chi connectivity index (χ2n) is 4.48. The lowest BCUT2D eigenvalue weighted by Gasteiger charge is -2.15. The normalized spacial score (nSPS) is 11.8. The van der Waals surface area contributed by atoms with Gasteiger partial charge in [0.05, 0.1) is 5.02 Å². The summed E-state index contributed by atoms with van der Waals surface area (Å²) in [6, 6.07) is 5.55. The number of carbonyl (C=O) groups is 1. The second-order valence-corrected chi connectivity index (χ2v) is 4.89. The van der Waals surface area contributed by atoms with Crippen molar-refractivity contribution < 1.29 is 9.53 Å². The van der Waals surface area contributed by atoms with Crippen LogP contribution in [0.25, 0.3) is 0 Å². The van der Waals surface area contributed by atoms with E-state index < -0.39 is 0 Å². The summed E-state index contributed by atoms with van der Waals surface area (Å²) in [5.41, 5.74) is 6.88. The molecule has 1 unspecified atom stereocenters. The average Bonchev–Trinajstić information content (AvgIpc) is 2.44. The van der Waals surface area contributed by atoms with E-state index >= 15 is 0 Å². The molecule has 3 N–H and O–H groups in total. The predicted molar refractivity (Wildman–Crippen MR) is 82.1 cm³/mol. The highest BCUT2D eigenvalue weighted by atomic mass is 35.5. The van der Waals surface area contributed by atoms with Gasteiger partial charge in [-0.15, -0.1) is 6.58 Å². The monoisotopic (exact) mass is 296 g/mol. The Morgan fingerprint density at radius 2 is 2.35 bits per heavy atom. The zero-order valence-electron chi connectivity index (χ0n) is 11.7. The molecular weight excluding hydrogens is 276 g/mol. The molecule has 0 aromatic heterocycles. The van der Waals surface area contributed by atoms with Gasteiger partial charge in [0.15, 0.2) is 6.61 Å². The second kappa shape index (κ2) is 8.61. The molecule has 1 aromatic rings. The molecular formula is C15H21ClN2O2. The number of hydrogen-bond donors (Lipinski definition) is 2. The Bertz CT molecular complexity index is 463. The maximum Gasteiger partial charge on any atom is 0.258 e. The minimum atomic E-state index is -0.212. The van der Waals surface area contributed by atoms with Crippen molar-refractivity contribution in [1.82, 2.24) is 5.32 Å². The number of carbonyl (C=O) groups excluding carboxylic acids is 1. The SMILES string of the molecule is C=CCNC(=O)COc1c(Cl)cccc1CC(N)CC. The van der Waals surface area contributed by atoms with Crippen molar-refractivity contribution in [3.8, 4) is 5.75 Å². The van der Waals surface area contributed by atoms with Gasteiger partial charge in [-0.1, -0.05) is 36.7 Å². The number of ether oxygens (including phenoxy) is 1. The van der Waals surface area contributed by atoms with Crippen molar-refractivity contribution in [2.45, 2.75) is 25.8 Å². The van der Waals surface area contributed by atoms with Crippen LogP contribution in [0, 0.1) is 0 Å². The van der Waals surface area contributed by atoms with Crippen LogP contribution in [0.2, 0.25) is 5.02 Å². The Balaban J connectivity index is 2.72. The molecule has 0 radical (unpaired) electrons. The smallest absolute Gasteiger partial charge is 0.258 e. The van der Waals surface area contributed by atoms with Gasteiger partial charge in [0, 0.05) is 12.6 Å². The number of para-hydroxylation sites is 1. The van der Waals surface area contributed by atoms with E-state index in [0.29, 0.717) is 23.7 Å². The third-order valence-electron chi connectivity index (χ3n) is 2.85. The molecule has 0 aliphatic heterocycles. The maximum atomic E-state index is 11.5. The largest absolute Gasteiger partial charge is 0.482 e. The Labute approximate surface area is 124 Å². The minimum Gasteiger partial charge on any atom is -0.482 e. The van der Waals surface area contributed by atoms with Gasteiger partial charge >= 0.3 is 0 Å². The van der Waals surface area contributed by atoms with E-state index in [2.05, 4.69) is 11.9 Å². The highest BCUT2D eigenvalue weighted by Crippen LogP contribution is 2.29. The highest BCUT2D eigenvalue weighted by Gasteiger charge is 2.12. The number of nitrogens with two attached hydrogens (primary N) is 1. The van der Waals surface area contributed by atoms with Crippen LogP contribution in [-0.2, 0) is 11.2 Å². The summed E-state index contributed by atoms with van der Waals surface area (Å²) < 4.78 is 5.54. The fourth-order valence-electron chi connectivity index (χ4n) is 1.68. The lowest BCUT2D eigenvalue weighted by Crippen LogP contribution is -2.29. The van der Waals surface area contributed by atoms with Crippen molar-refractivity contribution in [2.75, 3.05) is 13.2 Å². The Hall–Kier alpha value is -1.52. The van der Waals surface area contributed by atoms with E-state index in [1.165, 1.54) is 0 Å². The highest BCUT2D eigenvalue weighted by molar-refractivity contribution is 6.32. The summed E-state index contributed by atoms with van der Waals surface area (Å²) >= 11 is 6.13. The molecule has 5 heteroatoms. The van der Waals surface area contributed by atoms with Crippen molar-refractivity contribution in [2.24, 2.45) is 5.73 Å². The molecule has 0 spiro atoms. The van der Waals surface area contributed by atoms with Gasteiger partial charge in [0.2, 0.25) is 0 Å². The van der Waals surface area contributed by atoms with Gasteiger partial charge in [-0.05, 0) is 24.5 Å². The van der Waals surface area contributed by atoms with Crippen LogP contribution in [0.5, 0.6) is 5.75 Å². The van der Waals surface area contributed by atoms with Crippen LogP contribution in [0.4, 0.5) is 0 Å². The lowest BCUT2D eigenvalue weighted by molar-refractivity contribution is -0.122. The quantitative estimate of drug-likeness (QED) is 0.724. The number of benzene rings is 1. The molecule has 4 nitrogen and oxygen atoms in total. The van der Waals surface area contributed by atoms with E-state index in [1.54, 1.807) is 12.1 Å². The fraction of sp³-hybridized carbons (Fsp3) is 0.400. The van der Waals surface area contributed by atoms with Gasteiger partial charge in [0.1, 0.15) is 5.75 Å². The molecule has 0 saturated carbocycles. The summed E-state index contributed by atoms with van der Waals surface area (Å²) in [6.07, 6.45) is 3.14. The van der Waals surface area contributed by atoms with Crippen LogP contribution < -0.4 is 15.8 Å². The van der Waals surface area contributed by atoms with Gasteiger partial charge in [-0.2, -0.15) is 0 Å². The van der Waals surface area contributed by atoms with Crippen molar-refractivity contribution >= 4 is 17.5 Å². The molecule has 0 aliphatic rings. The Morgan fingerprint density at radius 3 is 3.00 bits per heavy atom. The number of hydrogen-bond acceptors (Lipinski definition) is 3. The summed E-state index contributed by atoms with van der Waals surface area (Å²) in [4.78, 5) is 11.5. The zero-order chi connectivity index (χ0) is 15.0. The molecule has 1 atom stereocenters. The third-order valence-corrected chi connectivity index (χ3v) is 3.14. The summed E-state index contributed by atoms with van der Waals surface area (Å²) in [6.45, 7) is 5.89. The average molecular weight is 297 g/mol. The van der Waals surface area contributed by atoms with E-state index in [-0.39, 0.29) is 18.6 Å². The fourth-order valence-corrected chi connectivity index (χ4v) is 1.93. The molecule has 1 amide bonds. The van der Waals surface area contributed by atoms with Crippen molar-refractivity contribution in [1.29, 1.82) is 0 Å².